The molecule has 2 aliphatic rings. The van der Waals surface area contributed by atoms with E-state index in [4.69, 9.17) is 5.11 Å². The van der Waals surface area contributed by atoms with Crippen molar-refractivity contribution in [2.24, 2.45) is 11.8 Å². The molecule has 0 spiro atoms. The SMILES string of the molecule is O=C(CC1CCc2ccccc21)NCC1CCC(C(=O)O)CC1. The van der Waals surface area contributed by atoms with Crippen LogP contribution in [0.15, 0.2) is 24.3 Å². The second-order valence-corrected chi connectivity index (χ2v) is 7.00. The molecule has 23 heavy (non-hydrogen) atoms. The number of benzene rings is 1. The van der Waals surface area contributed by atoms with Crippen LogP contribution in [0.5, 0.6) is 0 Å². The molecule has 1 fully saturated rings. The molecule has 1 aromatic rings. The summed E-state index contributed by atoms with van der Waals surface area (Å²) in [4.78, 5) is 23.2. The Labute approximate surface area is 137 Å². The zero-order chi connectivity index (χ0) is 16.2. The molecular formula is C19H25NO3. The topological polar surface area (TPSA) is 66.4 Å². The highest BCUT2D eigenvalue weighted by atomic mass is 16.4. The van der Waals surface area contributed by atoms with E-state index < -0.39 is 5.97 Å². The highest BCUT2D eigenvalue weighted by molar-refractivity contribution is 5.77. The maximum Gasteiger partial charge on any atom is 0.306 e. The number of aryl methyl sites for hydroxylation is 1. The normalized spacial score (nSPS) is 26.5. The van der Waals surface area contributed by atoms with E-state index in [2.05, 4.69) is 29.6 Å². The molecule has 2 aliphatic carbocycles. The lowest BCUT2D eigenvalue weighted by molar-refractivity contribution is -0.143. The summed E-state index contributed by atoms with van der Waals surface area (Å²) in [5, 5.41) is 12.1. The highest BCUT2D eigenvalue weighted by Crippen LogP contribution is 2.35. The van der Waals surface area contributed by atoms with Crippen LogP contribution in [-0.2, 0) is 16.0 Å². The van der Waals surface area contributed by atoms with Crippen LogP contribution in [-0.4, -0.2) is 23.5 Å². The molecule has 4 nitrogen and oxygen atoms in total. The molecule has 1 amide bonds. The van der Waals surface area contributed by atoms with Crippen LogP contribution in [0.2, 0.25) is 0 Å². The number of carbonyl (C=O) groups is 2. The van der Waals surface area contributed by atoms with E-state index in [0.29, 0.717) is 24.8 Å². The average Bonchev–Trinajstić information content (AvgIpc) is 2.96. The number of aliphatic carboxylic acids is 1. The number of fused-ring (bicyclic) bond motifs is 1. The number of rotatable bonds is 5. The summed E-state index contributed by atoms with van der Waals surface area (Å²) >= 11 is 0. The molecule has 2 N–H and O–H groups in total. The van der Waals surface area contributed by atoms with Crippen molar-refractivity contribution in [3.8, 4) is 0 Å². The van der Waals surface area contributed by atoms with Crippen LogP contribution in [0.25, 0.3) is 0 Å². The van der Waals surface area contributed by atoms with Gasteiger partial charge in [0.1, 0.15) is 0 Å². The quantitative estimate of drug-likeness (QED) is 0.877. The van der Waals surface area contributed by atoms with E-state index in [0.717, 1.165) is 38.5 Å². The number of carbonyl (C=O) groups excluding carboxylic acids is 1. The largest absolute Gasteiger partial charge is 0.481 e. The van der Waals surface area contributed by atoms with E-state index in [9.17, 15) is 9.59 Å². The first-order valence-electron chi connectivity index (χ1n) is 8.70. The Morgan fingerprint density at radius 3 is 2.57 bits per heavy atom. The van der Waals surface area contributed by atoms with Crippen molar-refractivity contribution >= 4 is 11.9 Å². The van der Waals surface area contributed by atoms with Gasteiger partial charge in [0.2, 0.25) is 5.91 Å². The minimum Gasteiger partial charge on any atom is -0.481 e. The van der Waals surface area contributed by atoms with Crippen molar-refractivity contribution in [3.05, 3.63) is 35.4 Å². The van der Waals surface area contributed by atoms with Gasteiger partial charge in [0, 0.05) is 13.0 Å². The Bertz CT molecular complexity index is 576. The number of nitrogens with one attached hydrogen (secondary N) is 1. The molecule has 0 aliphatic heterocycles. The first-order chi connectivity index (χ1) is 11.1. The predicted molar refractivity (Wildman–Crippen MR) is 88.2 cm³/mol. The Kier molecular flexibility index (Phi) is 4.99. The summed E-state index contributed by atoms with van der Waals surface area (Å²) < 4.78 is 0. The average molecular weight is 315 g/mol. The molecule has 0 aromatic heterocycles. The standard InChI is InChI=1S/C19H25NO3/c21-18(11-16-10-9-14-3-1-2-4-17(14)16)20-12-13-5-7-15(8-6-13)19(22)23/h1-4,13,15-16H,5-12H2,(H,20,21)(H,22,23). The third kappa shape index (κ3) is 3.92. The molecule has 1 atom stereocenters. The predicted octanol–water partition coefficient (Wildman–Crippen LogP) is 3.11. The zero-order valence-electron chi connectivity index (χ0n) is 13.5. The Balaban J connectivity index is 1.42. The first-order valence-corrected chi connectivity index (χ1v) is 8.70. The van der Waals surface area contributed by atoms with E-state index in [1.54, 1.807) is 0 Å². The molecule has 0 radical (unpaired) electrons. The van der Waals surface area contributed by atoms with E-state index in [1.807, 2.05) is 0 Å². The minimum atomic E-state index is -0.674. The summed E-state index contributed by atoms with van der Waals surface area (Å²) in [7, 11) is 0. The van der Waals surface area contributed by atoms with Gasteiger partial charge in [-0.05, 0) is 61.5 Å². The molecule has 0 heterocycles. The second kappa shape index (κ2) is 7.16. The van der Waals surface area contributed by atoms with E-state index >= 15 is 0 Å². The maximum atomic E-state index is 12.2. The van der Waals surface area contributed by atoms with E-state index in [1.165, 1.54) is 11.1 Å². The fourth-order valence-electron chi connectivity index (χ4n) is 4.03. The van der Waals surface area contributed by atoms with Gasteiger partial charge in [-0.25, -0.2) is 0 Å². The number of hydrogen-bond donors (Lipinski definition) is 2. The van der Waals surface area contributed by atoms with Gasteiger partial charge in [0.25, 0.3) is 0 Å². The molecular weight excluding hydrogens is 290 g/mol. The minimum absolute atomic E-state index is 0.132. The summed E-state index contributed by atoms with van der Waals surface area (Å²) in [6, 6.07) is 8.42. The lowest BCUT2D eigenvalue weighted by Crippen LogP contribution is -2.32. The second-order valence-electron chi connectivity index (χ2n) is 7.00. The molecule has 1 unspecified atom stereocenters. The van der Waals surface area contributed by atoms with Gasteiger partial charge in [-0.15, -0.1) is 0 Å². The number of amides is 1. The number of carboxylic acid groups (broad SMARTS) is 1. The summed E-state index contributed by atoms with van der Waals surface area (Å²) in [5.41, 5.74) is 2.72. The monoisotopic (exact) mass is 315 g/mol. The lowest BCUT2D eigenvalue weighted by atomic mass is 9.82. The fraction of sp³-hybridized carbons (Fsp3) is 0.579. The van der Waals surface area contributed by atoms with Crippen molar-refractivity contribution in [3.63, 3.8) is 0 Å². The Hall–Kier alpha value is -1.84. The molecule has 1 aromatic carbocycles. The van der Waals surface area contributed by atoms with Crippen LogP contribution >= 0.6 is 0 Å². The lowest BCUT2D eigenvalue weighted by Gasteiger charge is -2.26. The van der Waals surface area contributed by atoms with Gasteiger partial charge >= 0.3 is 5.97 Å². The highest BCUT2D eigenvalue weighted by Gasteiger charge is 2.27. The van der Waals surface area contributed by atoms with Gasteiger partial charge in [-0.2, -0.15) is 0 Å². The van der Waals surface area contributed by atoms with Crippen molar-refractivity contribution in [2.45, 2.75) is 50.9 Å². The van der Waals surface area contributed by atoms with Gasteiger partial charge in [-0.1, -0.05) is 24.3 Å². The van der Waals surface area contributed by atoms with Gasteiger partial charge in [0.05, 0.1) is 5.92 Å². The van der Waals surface area contributed by atoms with Crippen molar-refractivity contribution in [1.29, 1.82) is 0 Å². The van der Waals surface area contributed by atoms with Crippen LogP contribution in [0.4, 0.5) is 0 Å². The van der Waals surface area contributed by atoms with Gasteiger partial charge in [-0.3, -0.25) is 9.59 Å². The van der Waals surface area contributed by atoms with Crippen LogP contribution in [0.3, 0.4) is 0 Å². The van der Waals surface area contributed by atoms with Crippen molar-refractivity contribution in [2.75, 3.05) is 6.54 Å². The summed E-state index contributed by atoms with van der Waals surface area (Å²) in [5.74, 6) is 0.0655. The van der Waals surface area contributed by atoms with Crippen molar-refractivity contribution in [1.82, 2.24) is 5.32 Å². The third-order valence-corrected chi connectivity index (χ3v) is 5.47. The van der Waals surface area contributed by atoms with Crippen LogP contribution in [0, 0.1) is 11.8 Å². The van der Waals surface area contributed by atoms with Crippen LogP contribution < -0.4 is 5.32 Å². The van der Waals surface area contributed by atoms with E-state index in [-0.39, 0.29) is 11.8 Å². The molecule has 0 bridgehead atoms. The molecule has 1 saturated carbocycles. The Morgan fingerprint density at radius 1 is 1.09 bits per heavy atom. The van der Waals surface area contributed by atoms with Crippen LogP contribution in [0.1, 0.15) is 55.6 Å². The number of carboxylic acids is 1. The molecule has 4 heteroatoms. The first kappa shape index (κ1) is 16.0. The van der Waals surface area contributed by atoms with Gasteiger partial charge in [0.15, 0.2) is 0 Å². The number of hydrogen-bond acceptors (Lipinski definition) is 2. The Morgan fingerprint density at radius 2 is 1.83 bits per heavy atom. The summed E-state index contributed by atoms with van der Waals surface area (Å²) in [6.45, 7) is 0.694. The molecule has 0 saturated heterocycles. The fourth-order valence-corrected chi connectivity index (χ4v) is 4.03. The molecule has 3 rings (SSSR count). The maximum absolute atomic E-state index is 12.2. The smallest absolute Gasteiger partial charge is 0.306 e. The van der Waals surface area contributed by atoms with Crippen molar-refractivity contribution < 1.29 is 14.7 Å². The zero-order valence-corrected chi connectivity index (χ0v) is 13.5. The third-order valence-electron chi connectivity index (χ3n) is 5.47. The summed E-state index contributed by atoms with van der Waals surface area (Å²) in [6.07, 6.45) is 6.01. The molecule has 124 valence electrons. The van der Waals surface area contributed by atoms with Gasteiger partial charge < -0.3 is 10.4 Å².